The molecule has 5 heteroatoms. The summed E-state index contributed by atoms with van der Waals surface area (Å²) < 4.78 is 30.7. The highest BCUT2D eigenvalue weighted by Gasteiger charge is 2.12. The Morgan fingerprint density at radius 2 is 2.18 bits per heavy atom. The molecule has 0 aromatic heterocycles. The van der Waals surface area contributed by atoms with Gasteiger partial charge in [0.1, 0.15) is 11.6 Å². The van der Waals surface area contributed by atoms with E-state index in [1.807, 2.05) is 0 Å². The Hall–Kier alpha value is -0.940. The van der Waals surface area contributed by atoms with E-state index in [-0.39, 0.29) is 17.1 Å². The summed E-state index contributed by atoms with van der Waals surface area (Å²) in [7, 11) is 1.61. The monoisotopic (exact) mass is 260 g/mol. The van der Waals surface area contributed by atoms with Gasteiger partial charge in [-0.3, -0.25) is 4.79 Å². The van der Waals surface area contributed by atoms with Gasteiger partial charge in [0, 0.05) is 19.8 Å². The summed E-state index contributed by atoms with van der Waals surface area (Å²) in [4.78, 5) is 11.6. The SMILES string of the molecule is COCCCSCC(=O)c1ccc(F)cc1F. The van der Waals surface area contributed by atoms with E-state index in [9.17, 15) is 13.6 Å². The molecule has 0 spiro atoms. The number of ether oxygens (including phenoxy) is 1. The lowest BCUT2D eigenvalue weighted by Crippen LogP contribution is -2.06. The van der Waals surface area contributed by atoms with Crippen molar-refractivity contribution in [2.24, 2.45) is 0 Å². The molecule has 1 aromatic carbocycles. The first-order valence-corrected chi connectivity index (χ1v) is 6.35. The second-order valence-corrected chi connectivity index (χ2v) is 4.55. The number of thioether (sulfide) groups is 1. The zero-order valence-electron chi connectivity index (χ0n) is 9.54. The van der Waals surface area contributed by atoms with E-state index in [2.05, 4.69) is 0 Å². The van der Waals surface area contributed by atoms with Gasteiger partial charge in [0.15, 0.2) is 5.78 Å². The van der Waals surface area contributed by atoms with E-state index in [1.54, 1.807) is 7.11 Å². The Bertz CT molecular complexity index is 383. The minimum atomic E-state index is -0.799. The number of hydrogen-bond acceptors (Lipinski definition) is 3. The maximum Gasteiger partial charge on any atom is 0.175 e. The van der Waals surface area contributed by atoms with Crippen LogP contribution in [0, 0.1) is 11.6 Å². The van der Waals surface area contributed by atoms with Gasteiger partial charge >= 0.3 is 0 Å². The standard InChI is InChI=1S/C12H14F2O2S/c1-16-5-2-6-17-8-12(15)10-4-3-9(13)7-11(10)14/h3-4,7H,2,5-6,8H2,1H3. The fourth-order valence-electron chi connectivity index (χ4n) is 1.26. The number of rotatable bonds is 7. The first-order valence-electron chi connectivity index (χ1n) is 5.20. The Morgan fingerprint density at radius 3 is 2.82 bits per heavy atom. The van der Waals surface area contributed by atoms with Crippen molar-refractivity contribution in [2.75, 3.05) is 25.2 Å². The molecule has 0 aliphatic rings. The molecule has 1 aromatic rings. The van der Waals surface area contributed by atoms with Crippen LogP contribution in [0.3, 0.4) is 0 Å². The highest BCUT2D eigenvalue weighted by Crippen LogP contribution is 2.13. The van der Waals surface area contributed by atoms with E-state index in [4.69, 9.17) is 4.74 Å². The number of carbonyl (C=O) groups is 1. The Kier molecular flexibility index (Phi) is 6.15. The Morgan fingerprint density at radius 1 is 1.41 bits per heavy atom. The van der Waals surface area contributed by atoms with E-state index in [1.165, 1.54) is 17.8 Å². The normalized spacial score (nSPS) is 10.5. The van der Waals surface area contributed by atoms with Crippen LogP contribution in [0.5, 0.6) is 0 Å². The van der Waals surface area contributed by atoms with Crippen LogP contribution in [0.25, 0.3) is 0 Å². The quantitative estimate of drug-likeness (QED) is 0.557. The molecule has 0 radical (unpaired) electrons. The molecule has 17 heavy (non-hydrogen) atoms. The topological polar surface area (TPSA) is 26.3 Å². The van der Waals surface area contributed by atoms with Crippen molar-refractivity contribution in [3.8, 4) is 0 Å². The molecule has 94 valence electrons. The molecule has 0 heterocycles. The van der Waals surface area contributed by atoms with Gasteiger partial charge in [-0.05, 0) is 24.3 Å². The third kappa shape index (κ3) is 4.83. The summed E-state index contributed by atoms with van der Waals surface area (Å²) in [5, 5.41) is 0. The largest absolute Gasteiger partial charge is 0.385 e. The number of hydrogen-bond donors (Lipinski definition) is 0. The van der Waals surface area contributed by atoms with Gasteiger partial charge in [0.25, 0.3) is 0 Å². The lowest BCUT2D eigenvalue weighted by Gasteiger charge is -2.03. The van der Waals surface area contributed by atoms with Crippen molar-refractivity contribution in [3.63, 3.8) is 0 Å². The maximum atomic E-state index is 13.2. The molecular formula is C12H14F2O2S. The summed E-state index contributed by atoms with van der Waals surface area (Å²) in [6.45, 7) is 0.645. The van der Waals surface area contributed by atoms with Crippen molar-refractivity contribution < 1.29 is 18.3 Å². The highest BCUT2D eigenvalue weighted by atomic mass is 32.2. The summed E-state index contributed by atoms with van der Waals surface area (Å²) in [6.07, 6.45) is 0.848. The summed E-state index contributed by atoms with van der Waals surface area (Å²) in [5.41, 5.74) is -0.0503. The lowest BCUT2D eigenvalue weighted by molar-refractivity contribution is 0.101. The van der Waals surface area contributed by atoms with E-state index in [0.29, 0.717) is 6.61 Å². The number of carbonyl (C=O) groups excluding carboxylic acids is 1. The second kappa shape index (κ2) is 7.40. The van der Waals surface area contributed by atoms with Crippen LogP contribution in [0.2, 0.25) is 0 Å². The predicted molar refractivity (Wildman–Crippen MR) is 64.5 cm³/mol. The molecule has 1 rings (SSSR count). The molecule has 0 N–H and O–H groups in total. The summed E-state index contributed by atoms with van der Waals surface area (Å²) in [5.74, 6) is -0.807. The maximum absolute atomic E-state index is 13.2. The molecule has 0 atom stereocenters. The van der Waals surface area contributed by atoms with Gasteiger partial charge in [-0.25, -0.2) is 8.78 Å². The summed E-state index contributed by atoms with van der Waals surface area (Å²) >= 11 is 1.42. The van der Waals surface area contributed by atoms with Crippen LogP contribution in [0.15, 0.2) is 18.2 Å². The van der Waals surface area contributed by atoms with Crippen molar-refractivity contribution >= 4 is 17.5 Å². The predicted octanol–water partition coefficient (Wildman–Crippen LogP) is 2.92. The highest BCUT2D eigenvalue weighted by molar-refractivity contribution is 7.99. The Balaban J connectivity index is 2.42. The molecule has 0 aliphatic carbocycles. The van der Waals surface area contributed by atoms with Gasteiger partial charge < -0.3 is 4.74 Å². The van der Waals surface area contributed by atoms with Crippen molar-refractivity contribution in [1.29, 1.82) is 0 Å². The molecular weight excluding hydrogens is 246 g/mol. The third-order valence-corrected chi connectivity index (χ3v) is 3.15. The van der Waals surface area contributed by atoms with Crippen molar-refractivity contribution in [1.82, 2.24) is 0 Å². The fourth-order valence-corrected chi connectivity index (χ4v) is 2.07. The van der Waals surface area contributed by atoms with Crippen LogP contribution in [-0.4, -0.2) is 31.0 Å². The van der Waals surface area contributed by atoms with Crippen LogP contribution in [-0.2, 0) is 4.74 Å². The smallest absolute Gasteiger partial charge is 0.175 e. The fraction of sp³-hybridized carbons (Fsp3) is 0.417. The van der Waals surface area contributed by atoms with Gasteiger partial charge in [-0.15, -0.1) is 0 Å². The molecule has 0 unspecified atom stereocenters. The first kappa shape index (κ1) is 14.1. The Labute approximate surface area is 103 Å². The van der Waals surface area contributed by atoms with Crippen molar-refractivity contribution in [3.05, 3.63) is 35.4 Å². The summed E-state index contributed by atoms with van der Waals surface area (Å²) in [6, 6.07) is 3.00. The molecule has 0 aliphatic heterocycles. The van der Waals surface area contributed by atoms with Crippen LogP contribution < -0.4 is 0 Å². The number of ketones is 1. The van der Waals surface area contributed by atoms with E-state index >= 15 is 0 Å². The van der Waals surface area contributed by atoms with Crippen molar-refractivity contribution in [2.45, 2.75) is 6.42 Å². The number of Topliss-reactive ketones (excluding diaryl/α,β-unsaturated/α-hetero) is 1. The van der Waals surface area contributed by atoms with Gasteiger partial charge in [0.2, 0.25) is 0 Å². The molecule has 2 nitrogen and oxygen atoms in total. The number of methoxy groups -OCH3 is 1. The molecule has 0 fully saturated rings. The van der Waals surface area contributed by atoms with E-state index < -0.39 is 11.6 Å². The first-order chi connectivity index (χ1) is 8.15. The number of halogens is 2. The lowest BCUT2D eigenvalue weighted by atomic mass is 10.1. The zero-order valence-corrected chi connectivity index (χ0v) is 10.4. The molecule has 0 bridgehead atoms. The number of benzene rings is 1. The van der Waals surface area contributed by atoms with Crippen LogP contribution in [0.4, 0.5) is 8.78 Å². The van der Waals surface area contributed by atoms with Gasteiger partial charge in [-0.2, -0.15) is 11.8 Å². The van der Waals surface area contributed by atoms with Gasteiger partial charge in [0.05, 0.1) is 11.3 Å². The average molecular weight is 260 g/mol. The molecule has 0 amide bonds. The van der Waals surface area contributed by atoms with Crippen LogP contribution >= 0.6 is 11.8 Å². The molecule has 0 saturated heterocycles. The average Bonchev–Trinajstić information content (AvgIpc) is 2.28. The minimum Gasteiger partial charge on any atom is -0.385 e. The van der Waals surface area contributed by atoms with Crippen LogP contribution in [0.1, 0.15) is 16.8 Å². The zero-order chi connectivity index (χ0) is 12.7. The minimum absolute atomic E-state index is 0.0503. The third-order valence-electron chi connectivity index (χ3n) is 2.10. The van der Waals surface area contributed by atoms with E-state index in [0.717, 1.165) is 24.3 Å². The van der Waals surface area contributed by atoms with Gasteiger partial charge in [-0.1, -0.05) is 0 Å². The molecule has 0 saturated carbocycles. The second-order valence-electron chi connectivity index (χ2n) is 3.45.